The van der Waals surface area contributed by atoms with Gasteiger partial charge in [0.2, 0.25) is 0 Å². The molecule has 76 valence electrons. The molecule has 0 aromatic carbocycles. The smallest absolute Gasteiger partial charge is 0.317 e. The van der Waals surface area contributed by atoms with Gasteiger partial charge >= 0.3 is 6.03 Å². The van der Waals surface area contributed by atoms with Gasteiger partial charge < -0.3 is 10.2 Å². The van der Waals surface area contributed by atoms with E-state index in [9.17, 15) is 4.79 Å². The molecule has 0 unspecified atom stereocenters. The first-order chi connectivity index (χ1) is 6.79. The van der Waals surface area contributed by atoms with E-state index in [2.05, 4.69) is 24.4 Å². The second-order valence-electron chi connectivity index (χ2n) is 3.38. The number of nitrogens with zero attached hydrogens (tertiary/aromatic N) is 1. The van der Waals surface area contributed by atoms with E-state index in [4.69, 9.17) is 0 Å². The minimum atomic E-state index is 0.0662. The summed E-state index contributed by atoms with van der Waals surface area (Å²) >= 11 is 1.80. The topological polar surface area (TPSA) is 32.3 Å². The summed E-state index contributed by atoms with van der Waals surface area (Å²) in [5.41, 5.74) is 0. The minimum absolute atomic E-state index is 0.0662. The van der Waals surface area contributed by atoms with Crippen molar-refractivity contribution in [3.05, 3.63) is 21.9 Å². The van der Waals surface area contributed by atoms with E-state index in [1.54, 1.807) is 11.3 Å². The number of carbonyl (C=O) groups is 1. The van der Waals surface area contributed by atoms with E-state index in [1.807, 2.05) is 4.90 Å². The van der Waals surface area contributed by atoms with E-state index in [0.29, 0.717) is 0 Å². The average Bonchev–Trinajstić information content (AvgIpc) is 2.77. The second-order valence-corrected chi connectivity index (χ2v) is 4.63. The molecule has 1 aromatic rings. The number of nitrogens with one attached hydrogen (secondary N) is 1. The molecular weight excluding hydrogens is 196 g/mol. The van der Waals surface area contributed by atoms with Crippen molar-refractivity contribution in [3.63, 3.8) is 0 Å². The molecule has 1 fully saturated rings. The second kappa shape index (κ2) is 4.00. The first-order valence-corrected chi connectivity index (χ1v) is 5.71. The molecule has 0 aliphatic carbocycles. The van der Waals surface area contributed by atoms with Crippen LogP contribution in [-0.4, -0.2) is 24.0 Å². The molecule has 1 aliphatic heterocycles. The number of hydrogen-bond donors (Lipinski definition) is 1. The Labute approximate surface area is 87.7 Å². The molecule has 2 amide bonds. The summed E-state index contributed by atoms with van der Waals surface area (Å²) in [5, 5.41) is 2.80. The molecule has 0 spiro atoms. The average molecular weight is 210 g/mol. The zero-order valence-electron chi connectivity index (χ0n) is 8.25. The first-order valence-electron chi connectivity index (χ1n) is 4.90. The predicted molar refractivity (Wildman–Crippen MR) is 57.5 cm³/mol. The van der Waals surface area contributed by atoms with Gasteiger partial charge in [-0.25, -0.2) is 4.79 Å². The minimum Gasteiger partial charge on any atom is -0.336 e. The van der Waals surface area contributed by atoms with Gasteiger partial charge in [0.25, 0.3) is 0 Å². The van der Waals surface area contributed by atoms with Crippen molar-refractivity contribution in [3.8, 4) is 0 Å². The van der Waals surface area contributed by atoms with Crippen LogP contribution in [0.15, 0.2) is 12.1 Å². The number of aryl methyl sites for hydroxylation is 1. The molecule has 0 saturated carbocycles. The summed E-state index contributed by atoms with van der Waals surface area (Å²) in [5.74, 6) is 0. The zero-order chi connectivity index (χ0) is 9.97. The fourth-order valence-electron chi connectivity index (χ4n) is 1.55. The summed E-state index contributed by atoms with van der Waals surface area (Å²) in [6, 6.07) is 4.33. The van der Waals surface area contributed by atoms with Gasteiger partial charge in [-0.3, -0.25) is 0 Å². The molecule has 1 aromatic heterocycles. The van der Waals surface area contributed by atoms with Gasteiger partial charge in [0.05, 0.1) is 6.54 Å². The molecule has 3 nitrogen and oxygen atoms in total. The van der Waals surface area contributed by atoms with E-state index in [-0.39, 0.29) is 6.03 Å². The highest BCUT2D eigenvalue weighted by atomic mass is 32.1. The normalized spacial score (nSPS) is 16.1. The Hall–Kier alpha value is -1.03. The molecule has 2 rings (SSSR count). The first kappa shape index (κ1) is 9.52. The Morgan fingerprint density at radius 1 is 1.50 bits per heavy atom. The van der Waals surface area contributed by atoms with Crippen molar-refractivity contribution in [2.24, 2.45) is 0 Å². The van der Waals surface area contributed by atoms with E-state index in [0.717, 1.165) is 26.1 Å². The van der Waals surface area contributed by atoms with E-state index in [1.165, 1.54) is 9.75 Å². The Kier molecular flexibility index (Phi) is 2.72. The fourth-order valence-corrected chi connectivity index (χ4v) is 2.52. The van der Waals surface area contributed by atoms with Gasteiger partial charge in [-0.05, 0) is 18.6 Å². The Morgan fingerprint density at radius 3 is 2.86 bits per heavy atom. The van der Waals surface area contributed by atoms with Gasteiger partial charge in [-0.15, -0.1) is 11.3 Å². The number of rotatable bonds is 3. The Balaban J connectivity index is 1.99. The maximum atomic E-state index is 11.3. The van der Waals surface area contributed by atoms with Crippen LogP contribution in [0.1, 0.15) is 16.7 Å². The molecule has 14 heavy (non-hydrogen) atoms. The number of amides is 2. The van der Waals surface area contributed by atoms with Crippen LogP contribution >= 0.6 is 11.3 Å². The van der Waals surface area contributed by atoms with Gasteiger partial charge in [0.1, 0.15) is 0 Å². The van der Waals surface area contributed by atoms with Crippen LogP contribution in [0.3, 0.4) is 0 Å². The van der Waals surface area contributed by atoms with E-state index >= 15 is 0 Å². The number of hydrogen-bond acceptors (Lipinski definition) is 2. The van der Waals surface area contributed by atoms with Gasteiger partial charge in [-0.2, -0.15) is 0 Å². The third-order valence-corrected chi connectivity index (χ3v) is 3.57. The highest BCUT2D eigenvalue weighted by molar-refractivity contribution is 7.11. The molecule has 1 aliphatic rings. The highest BCUT2D eigenvalue weighted by Crippen LogP contribution is 2.19. The molecular formula is C10H14N2OS. The lowest BCUT2D eigenvalue weighted by Gasteiger charge is -2.11. The lowest BCUT2D eigenvalue weighted by molar-refractivity contribution is 0.216. The largest absolute Gasteiger partial charge is 0.336 e. The van der Waals surface area contributed by atoms with Crippen LogP contribution in [0, 0.1) is 0 Å². The van der Waals surface area contributed by atoms with Crippen LogP contribution in [0.2, 0.25) is 0 Å². The highest BCUT2D eigenvalue weighted by Gasteiger charge is 2.19. The third kappa shape index (κ3) is 1.90. The fraction of sp³-hybridized carbons (Fsp3) is 0.500. The van der Waals surface area contributed by atoms with Gasteiger partial charge in [0, 0.05) is 22.8 Å². The van der Waals surface area contributed by atoms with Crippen molar-refractivity contribution in [1.29, 1.82) is 0 Å². The summed E-state index contributed by atoms with van der Waals surface area (Å²) in [6.07, 6.45) is 1.08. The third-order valence-electron chi connectivity index (χ3n) is 2.36. The lowest BCUT2D eigenvalue weighted by atomic mass is 10.3. The number of carbonyl (C=O) groups excluding carboxylic acids is 1. The molecule has 1 saturated heterocycles. The monoisotopic (exact) mass is 210 g/mol. The molecule has 4 heteroatoms. The van der Waals surface area contributed by atoms with Gasteiger partial charge in [0.15, 0.2) is 0 Å². The van der Waals surface area contributed by atoms with Crippen LogP contribution in [0.25, 0.3) is 0 Å². The molecule has 0 atom stereocenters. The maximum absolute atomic E-state index is 11.3. The molecule has 2 heterocycles. The molecule has 1 N–H and O–H groups in total. The quantitative estimate of drug-likeness (QED) is 0.811. The number of thiophene rings is 1. The van der Waals surface area contributed by atoms with Crippen molar-refractivity contribution in [2.45, 2.75) is 19.9 Å². The van der Waals surface area contributed by atoms with Crippen LogP contribution in [-0.2, 0) is 13.0 Å². The predicted octanol–water partition coefficient (Wildman–Crippen LogP) is 1.84. The van der Waals surface area contributed by atoms with Crippen LogP contribution in [0.5, 0.6) is 0 Å². The maximum Gasteiger partial charge on any atom is 0.317 e. The van der Waals surface area contributed by atoms with Crippen LogP contribution in [0.4, 0.5) is 4.79 Å². The summed E-state index contributed by atoms with van der Waals surface area (Å²) < 4.78 is 0. The Morgan fingerprint density at radius 2 is 2.29 bits per heavy atom. The van der Waals surface area contributed by atoms with Crippen molar-refractivity contribution in [1.82, 2.24) is 10.2 Å². The summed E-state index contributed by atoms with van der Waals surface area (Å²) in [7, 11) is 0. The molecule has 0 bridgehead atoms. The zero-order valence-corrected chi connectivity index (χ0v) is 9.06. The summed E-state index contributed by atoms with van der Waals surface area (Å²) in [6.45, 7) is 4.53. The van der Waals surface area contributed by atoms with Crippen LogP contribution < -0.4 is 5.32 Å². The van der Waals surface area contributed by atoms with Crippen molar-refractivity contribution < 1.29 is 4.79 Å². The molecule has 0 radical (unpaired) electrons. The van der Waals surface area contributed by atoms with E-state index < -0.39 is 0 Å². The number of urea groups is 1. The van der Waals surface area contributed by atoms with Gasteiger partial charge in [-0.1, -0.05) is 6.92 Å². The SMILES string of the molecule is CCc1ccc(CN2CCNC2=O)s1. The van der Waals surface area contributed by atoms with Crippen molar-refractivity contribution >= 4 is 17.4 Å². The standard InChI is InChI=1S/C10H14N2OS/c1-2-8-3-4-9(14-8)7-12-6-5-11-10(12)13/h3-4H,2,5-7H2,1H3,(H,11,13). The lowest BCUT2D eigenvalue weighted by Crippen LogP contribution is -2.27. The Bertz CT molecular complexity index is 335. The van der Waals surface area contributed by atoms with Crippen molar-refractivity contribution in [2.75, 3.05) is 13.1 Å². The summed E-state index contributed by atoms with van der Waals surface area (Å²) in [4.78, 5) is 15.8.